The molecular formula is C22H21F2N5O2. The van der Waals surface area contributed by atoms with Gasteiger partial charge in [0, 0.05) is 17.3 Å². The zero-order valence-corrected chi connectivity index (χ0v) is 16.5. The van der Waals surface area contributed by atoms with E-state index in [-0.39, 0.29) is 22.8 Å². The van der Waals surface area contributed by atoms with Gasteiger partial charge in [-0.3, -0.25) is 4.79 Å². The Balaban J connectivity index is 1.53. The summed E-state index contributed by atoms with van der Waals surface area (Å²) < 4.78 is 34.0. The van der Waals surface area contributed by atoms with Gasteiger partial charge in [0.15, 0.2) is 17.4 Å². The number of carbonyl (C=O) groups excluding carboxylic acids is 1. The highest BCUT2D eigenvalue weighted by Gasteiger charge is 2.22. The number of nitrogens with two attached hydrogens (primary N) is 2. The third kappa shape index (κ3) is 4.72. The number of hydrogen-bond donors (Lipinski definition) is 4. The predicted octanol–water partition coefficient (Wildman–Crippen LogP) is 3.94. The molecule has 1 aliphatic rings. The minimum atomic E-state index is -0.724. The molecule has 0 aliphatic heterocycles. The topological polar surface area (TPSA) is 115 Å². The molecule has 4 rings (SSSR count). The normalized spacial score (nSPS) is 13.0. The molecule has 31 heavy (non-hydrogen) atoms. The molecule has 9 heteroatoms. The highest BCUT2D eigenvalue weighted by atomic mass is 19.1. The summed E-state index contributed by atoms with van der Waals surface area (Å²) in [4.78, 5) is 16.9. The summed E-state index contributed by atoms with van der Waals surface area (Å²) in [5.74, 6) is 4.21. The van der Waals surface area contributed by atoms with Gasteiger partial charge in [-0.25, -0.2) is 19.6 Å². The number of hydrazine groups is 1. The Morgan fingerprint density at radius 2 is 1.90 bits per heavy atom. The maximum absolute atomic E-state index is 14.3. The van der Waals surface area contributed by atoms with Crippen LogP contribution in [-0.2, 0) is 0 Å². The van der Waals surface area contributed by atoms with Crippen LogP contribution in [-0.4, -0.2) is 17.5 Å². The number of pyridine rings is 1. The molecule has 1 amide bonds. The summed E-state index contributed by atoms with van der Waals surface area (Å²) in [6.07, 6.45) is 2.19. The van der Waals surface area contributed by atoms with Crippen LogP contribution in [0.2, 0.25) is 0 Å². The van der Waals surface area contributed by atoms with Crippen LogP contribution >= 0.6 is 0 Å². The summed E-state index contributed by atoms with van der Waals surface area (Å²) in [6.45, 7) is 0.473. The molecule has 7 nitrogen and oxygen atoms in total. The van der Waals surface area contributed by atoms with Gasteiger partial charge in [0.1, 0.15) is 5.82 Å². The van der Waals surface area contributed by atoms with Gasteiger partial charge in [-0.15, -0.1) is 0 Å². The molecule has 0 radical (unpaired) electrons. The zero-order valence-electron chi connectivity index (χ0n) is 16.5. The Kier molecular flexibility index (Phi) is 5.68. The summed E-state index contributed by atoms with van der Waals surface area (Å²) in [5.41, 5.74) is 9.38. The van der Waals surface area contributed by atoms with Crippen LogP contribution in [0, 0.1) is 17.6 Å². The van der Waals surface area contributed by atoms with E-state index in [9.17, 15) is 13.6 Å². The standard InChI is InChI=1S/C22H21F2N5O2/c23-16-5-3-13(19-7-6-18(25)21(28-19)29-26)9-15(16)22(30)27-14-4-8-20(17(24)10-14)31-11-12-1-2-12/h3-10,12H,1-2,11,25-26H2,(H,27,30)(H,28,29). The van der Waals surface area contributed by atoms with Crippen LogP contribution in [0.15, 0.2) is 48.5 Å². The minimum Gasteiger partial charge on any atom is -0.490 e. The van der Waals surface area contributed by atoms with Gasteiger partial charge in [0.05, 0.1) is 23.6 Å². The molecule has 0 atom stereocenters. The van der Waals surface area contributed by atoms with Gasteiger partial charge in [-0.2, -0.15) is 0 Å². The number of hydrogen-bond acceptors (Lipinski definition) is 6. The Hall–Kier alpha value is -3.72. The first-order valence-electron chi connectivity index (χ1n) is 9.71. The quantitative estimate of drug-likeness (QED) is 0.337. The van der Waals surface area contributed by atoms with Crippen molar-refractivity contribution in [2.75, 3.05) is 23.1 Å². The molecular weight excluding hydrogens is 404 g/mol. The molecule has 1 aromatic heterocycles. The molecule has 0 bridgehead atoms. The first kappa shape index (κ1) is 20.5. The largest absolute Gasteiger partial charge is 0.490 e. The summed E-state index contributed by atoms with van der Waals surface area (Å²) >= 11 is 0. The summed E-state index contributed by atoms with van der Waals surface area (Å²) in [6, 6.07) is 11.3. The Bertz CT molecular complexity index is 1130. The zero-order chi connectivity index (χ0) is 22.0. The average Bonchev–Trinajstić information content (AvgIpc) is 3.58. The van der Waals surface area contributed by atoms with E-state index in [4.69, 9.17) is 16.3 Å². The lowest BCUT2D eigenvalue weighted by molar-refractivity contribution is 0.102. The van der Waals surface area contributed by atoms with Crippen LogP contribution in [0.4, 0.5) is 26.0 Å². The lowest BCUT2D eigenvalue weighted by Gasteiger charge is -2.11. The third-order valence-corrected chi connectivity index (χ3v) is 4.93. The van der Waals surface area contributed by atoms with Gasteiger partial charge < -0.3 is 21.2 Å². The molecule has 3 aromatic rings. The lowest BCUT2D eigenvalue weighted by Crippen LogP contribution is -2.14. The Morgan fingerprint density at radius 1 is 1.10 bits per heavy atom. The third-order valence-electron chi connectivity index (χ3n) is 4.93. The van der Waals surface area contributed by atoms with Crippen LogP contribution in [0.1, 0.15) is 23.2 Å². The molecule has 1 saturated carbocycles. The van der Waals surface area contributed by atoms with E-state index >= 15 is 0 Å². The van der Waals surface area contributed by atoms with Crippen molar-refractivity contribution in [3.05, 3.63) is 65.7 Å². The summed E-state index contributed by atoms with van der Waals surface area (Å²) in [7, 11) is 0. The van der Waals surface area contributed by atoms with Crippen LogP contribution in [0.3, 0.4) is 0 Å². The van der Waals surface area contributed by atoms with Crippen molar-refractivity contribution in [1.82, 2.24) is 4.98 Å². The van der Waals surface area contributed by atoms with E-state index in [1.807, 2.05) is 0 Å². The van der Waals surface area contributed by atoms with Gasteiger partial charge >= 0.3 is 0 Å². The van der Waals surface area contributed by atoms with Crippen LogP contribution in [0.5, 0.6) is 5.75 Å². The molecule has 1 aliphatic carbocycles. The van der Waals surface area contributed by atoms with Gasteiger partial charge in [-0.05, 0) is 61.2 Å². The number of amides is 1. The number of nitrogens with zero attached hydrogens (tertiary/aromatic N) is 1. The van der Waals surface area contributed by atoms with Crippen molar-refractivity contribution >= 4 is 23.1 Å². The van der Waals surface area contributed by atoms with E-state index < -0.39 is 17.5 Å². The van der Waals surface area contributed by atoms with E-state index in [2.05, 4.69) is 15.7 Å². The molecule has 0 saturated heterocycles. The van der Waals surface area contributed by atoms with Gasteiger partial charge in [0.2, 0.25) is 0 Å². The number of anilines is 3. The van der Waals surface area contributed by atoms with Crippen LogP contribution in [0.25, 0.3) is 11.3 Å². The SMILES string of the molecule is NNc1nc(-c2ccc(F)c(C(=O)Nc3ccc(OCC4CC4)c(F)c3)c2)ccc1N. The highest BCUT2D eigenvalue weighted by Crippen LogP contribution is 2.31. The van der Waals surface area contributed by atoms with Crippen molar-refractivity contribution in [3.63, 3.8) is 0 Å². The second-order valence-electron chi connectivity index (χ2n) is 7.33. The van der Waals surface area contributed by atoms with Gasteiger partial charge in [-0.1, -0.05) is 0 Å². The fraction of sp³-hybridized carbons (Fsp3) is 0.182. The van der Waals surface area contributed by atoms with E-state index in [0.29, 0.717) is 29.5 Å². The number of aromatic nitrogens is 1. The number of rotatable bonds is 7. The van der Waals surface area contributed by atoms with E-state index in [1.165, 1.54) is 24.3 Å². The molecule has 6 N–H and O–H groups in total. The fourth-order valence-electron chi connectivity index (χ4n) is 2.99. The number of nitrogen functional groups attached to an aromatic ring is 2. The van der Waals surface area contributed by atoms with Gasteiger partial charge in [0.25, 0.3) is 5.91 Å². The first-order chi connectivity index (χ1) is 14.9. The molecule has 160 valence electrons. The molecule has 2 aromatic carbocycles. The number of halogens is 2. The van der Waals surface area contributed by atoms with Crippen molar-refractivity contribution in [2.24, 2.45) is 11.8 Å². The number of benzene rings is 2. The second-order valence-corrected chi connectivity index (χ2v) is 7.33. The Morgan fingerprint density at radius 3 is 2.61 bits per heavy atom. The smallest absolute Gasteiger partial charge is 0.258 e. The second kappa shape index (κ2) is 8.57. The molecule has 0 unspecified atom stereocenters. The fourth-order valence-corrected chi connectivity index (χ4v) is 2.99. The molecule has 1 fully saturated rings. The highest BCUT2D eigenvalue weighted by molar-refractivity contribution is 6.05. The van der Waals surface area contributed by atoms with E-state index in [0.717, 1.165) is 25.0 Å². The van der Waals surface area contributed by atoms with Crippen LogP contribution < -0.4 is 27.1 Å². The van der Waals surface area contributed by atoms with E-state index in [1.54, 1.807) is 12.1 Å². The molecule has 0 spiro atoms. The minimum absolute atomic E-state index is 0.122. The van der Waals surface area contributed by atoms with Crippen molar-refractivity contribution in [1.29, 1.82) is 0 Å². The van der Waals surface area contributed by atoms with Crippen molar-refractivity contribution in [2.45, 2.75) is 12.8 Å². The van der Waals surface area contributed by atoms with Crippen molar-refractivity contribution < 1.29 is 18.3 Å². The number of ether oxygens (including phenoxy) is 1. The molecule has 1 heterocycles. The first-order valence-corrected chi connectivity index (χ1v) is 9.71. The number of nitrogens with one attached hydrogen (secondary N) is 2. The monoisotopic (exact) mass is 425 g/mol. The maximum Gasteiger partial charge on any atom is 0.258 e. The number of carbonyl (C=O) groups is 1. The predicted molar refractivity (Wildman–Crippen MR) is 114 cm³/mol. The lowest BCUT2D eigenvalue weighted by atomic mass is 10.1. The average molecular weight is 425 g/mol. The summed E-state index contributed by atoms with van der Waals surface area (Å²) in [5, 5.41) is 2.51. The maximum atomic E-state index is 14.3. The van der Waals surface area contributed by atoms with Crippen molar-refractivity contribution in [3.8, 4) is 17.0 Å². The Labute approximate surface area is 177 Å².